The van der Waals surface area contributed by atoms with Gasteiger partial charge >= 0.3 is 0 Å². The van der Waals surface area contributed by atoms with Crippen LogP contribution in [-0.4, -0.2) is 81.7 Å². The average molecular weight is 553 g/mol. The fourth-order valence-electron chi connectivity index (χ4n) is 3.54. The van der Waals surface area contributed by atoms with Gasteiger partial charge in [-0.3, -0.25) is 9.69 Å². The number of guanidine groups is 1. The van der Waals surface area contributed by atoms with Gasteiger partial charge in [0.1, 0.15) is 6.54 Å². The number of nitrogens with one attached hydrogen (secondary N) is 2. The molecule has 1 aliphatic rings. The van der Waals surface area contributed by atoms with Crippen LogP contribution in [0, 0.1) is 0 Å². The van der Waals surface area contributed by atoms with Gasteiger partial charge < -0.3 is 20.3 Å². The lowest BCUT2D eigenvalue weighted by atomic mass is 10.0. The molecule has 1 saturated heterocycles. The molecule has 2 N–H and O–H groups in total. The zero-order chi connectivity index (χ0) is 22.1. The second-order valence-electron chi connectivity index (χ2n) is 8.16. The van der Waals surface area contributed by atoms with Crippen LogP contribution in [0.4, 0.5) is 0 Å². The maximum atomic E-state index is 12.0. The SMILES string of the molecule is CC(NC(=NCC(=O)N(C)C)NCCCN1CCOCC1)c1ccc2ccccc2c1.I. The molecule has 1 fully saturated rings. The maximum absolute atomic E-state index is 12.0. The lowest BCUT2D eigenvalue weighted by Crippen LogP contribution is -2.42. The number of carbonyl (C=O) groups excluding carboxylic acids is 1. The largest absolute Gasteiger partial charge is 0.379 e. The molecule has 1 unspecified atom stereocenters. The Labute approximate surface area is 208 Å². The number of nitrogens with zero attached hydrogens (tertiary/aromatic N) is 3. The van der Waals surface area contributed by atoms with Crippen LogP contribution < -0.4 is 10.6 Å². The van der Waals surface area contributed by atoms with E-state index >= 15 is 0 Å². The molecule has 3 rings (SSSR count). The number of halogens is 1. The zero-order valence-electron chi connectivity index (χ0n) is 19.3. The Morgan fingerprint density at radius 2 is 1.88 bits per heavy atom. The number of benzene rings is 2. The summed E-state index contributed by atoms with van der Waals surface area (Å²) in [7, 11) is 3.50. The Bertz CT molecular complexity index is 884. The minimum Gasteiger partial charge on any atom is -0.379 e. The molecule has 0 bridgehead atoms. The first-order chi connectivity index (χ1) is 15.0. The van der Waals surface area contributed by atoms with Gasteiger partial charge in [0.15, 0.2) is 5.96 Å². The van der Waals surface area contributed by atoms with E-state index in [2.05, 4.69) is 69.9 Å². The minimum absolute atomic E-state index is 0. The molecule has 0 spiro atoms. The van der Waals surface area contributed by atoms with Gasteiger partial charge in [0.05, 0.1) is 19.3 Å². The number of hydrogen-bond donors (Lipinski definition) is 2. The highest BCUT2D eigenvalue weighted by Crippen LogP contribution is 2.20. The van der Waals surface area contributed by atoms with Crippen LogP contribution in [0.2, 0.25) is 0 Å². The smallest absolute Gasteiger partial charge is 0.243 e. The van der Waals surface area contributed by atoms with E-state index in [0.717, 1.165) is 45.8 Å². The number of carbonyl (C=O) groups is 1. The highest BCUT2D eigenvalue weighted by Gasteiger charge is 2.12. The fraction of sp³-hybridized carbons (Fsp3) is 0.500. The van der Waals surface area contributed by atoms with E-state index in [1.54, 1.807) is 19.0 Å². The summed E-state index contributed by atoms with van der Waals surface area (Å²) in [6.45, 7) is 7.68. The first-order valence-electron chi connectivity index (χ1n) is 11.1. The Kier molecular flexibility index (Phi) is 11.2. The van der Waals surface area contributed by atoms with E-state index in [9.17, 15) is 4.79 Å². The number of fused-ring (bicyclic) bond motifs is 1. The van der Waals surface area contributed by atoms with E-state index < -0.39 is 0 Å². The summed E-state index contributed by atoms with van der Waals surface area (Å²) in [5.41, 5.74) is 1.18. The van der Waals surface area contributed by atoms with Gasteiger partial charge in [-0.1, -0.05) is 36.4 Å². The Morgan fingerprint density at radius 1 is 1.16 bits per heavy atom. The van der Waals surface area contributed by atoms with Crippen LogP contribution in [0.1, 0.15) is 24.9 Å². The van der Waals surface area contributed by atoms with E-state index in [4.69, 9.17) is 4.74 Å². The van der Waals surface area contributed by atoms with Gasteiger partial charge in [-0.05, 0) is 42.3 Å². The maximum Gasteiger partial charge on any atom is 0.243 e. The van der Waals surface area contributed by atoms with Crippen molar-refractivity contribution in [3.63, 3.8) is 0 Å². The number of ether oxygens (including phenoxy) is 1. The van der Waals surface area contributed by atoms with Gasteiger partial charge in [0.25, 0.3) is 0 Å². The van der Waals surface area contributed by atoms with Crippen molar-refractivity contribution in [2.75, 3.05) is 60.0 Å². The summed E-state index contributed by atoms with van der Waals surface area (Å²) in [5, 5.41) is 9.31. The first-order valence-corrected chi connectivity index (χ1v) is 11.1. The third-order valence-corrected chi connectivity index (χ3v) is 5.55. The van der Waals surface area contributed by atoms with E-state index in [-0.39, 0.29) is 42.5 Å². The molecule has 0 radical (unpaired) electrons. The molecule has 0 aromatic heterocycles. The van der Waals surface area contributed by atoms with Crippen molar-refractivity contribution < 1.29 is 9.53 Å². The molecular weight excluding hydrogens is 517 g/mol. The van der Waals surface area contributed by atoms with Crippen LogP contribution in [0.25, 0.3) is 10.8 Å². The van der Waals surface area contributed by atoms with Crippen molar-refractivity contribution in [1.29, 1.82) is 0 Å². The molecule has 1 amide bonds. The molecule has 1 heterocycles. The van der Waals surface area contributed by atoms with Crippen molar-refractivity contribution in [2.24, 2.45) is 4.99 Å². The fourth-order valence-corrected chi connectivity index (χ4v) is 3.54. The van der Waals surface area contributed by atoms with E-state index in [1.807, 2.05) is 0 Å². The molecule has 7 nitrogen and oxygen atoms in total. The highest BCUT2D eigenvalue weighted by molar-refractivity contribution is 14.0. The topological polar surface area (TPSA) is 69.2 Å². The first kappa shape index (κ1) is 26.3. The molecule has 8 heteroatoms. The number of morpholine rings is 1. The summed E-state index contributed by atoms with van der Waals surface area (Å²) < 4.78 is 5.41. The predicted octanol–water partition coefficient (Wildman–Crippen LogP) is 2.86. The second kappa shape index (κ2) is 13.6. The number of aliphatic imine (C=N–C) groups is 1. The number of likely N-dealkylation sites (N-methyl/N-ethyl adjacent to an activating group) is 1. The van der Waals surface area contributed by atoms with Gasteiger partial charge in [-0.25, -0.2) is 4.99 Å². The zero-order valence-corrected chi connectivity index (χ0v) is 21.7. The standard InChI is InChI=1S/C24H35N5O2.HI/c1-19(21-10-9-20-7-4-5-8-22(20)17-21)27-24(26-18-23(30)28(2)3)25-11-6-12-29-13-15-31-16-14-29;/h4-5,7-10,17,19H,6,11-16,18H2,1-3H3,(H2,25,26,27);1H. The Morgan fingerprint density at radius 3 is 2.59 bits per heavy atom. The lowest BCUT2D eigenvalue weighted by Gasteiger charge is -2.26. The third kappa shape index (κ3) is 8.22. The number of rotatable bonds is 8. The summed E-state index contributed by atoms with van der Waals surface area (Å²) in [5.74, 6) is 0.644. The monoisotopic (exact) mass is 553 g/mol. The van der Waals surface area contributed by atoms with Gasteiger partial charge in [0, 0.05) is 33.7 Å². The molecule has 176 valence electrons. The summed E-state index contributed by atoms with van der Waals surface area (Å²) in [6, 6.07) is 14.9. The molecule has 0 saturated carbocycles. The molecule has 32 heavy (non-hydrogen) atoms. The van der Waals surface area contributed by atoms with Crippen LogP contribution >= 0.6 is 24.0 Å². The van der Waals surface area contributed by atoms with Crippen molar-refractivity contribution >= 4 is 46.6 Å². The van der Waals surface area contributed by atoms with Crippen molar-refractivity contribution in [1.82, 2.24) is 20.4 Å². The van der Waals surface area contributed by atoms with Crippen LogP contribution in [0.5, 0.6) is 0 Å². The average Bonchev–Trinajstić information content (AvgIpc) is 2.80. The second-order valence-corrected chi connectivity index (χ2v) is 8.16. The summed E-state index contributed by atoms with van der Waals surface area (Å²) in [4.78, 5) is 20.5. The summed E-state index contributed by atoms with van der Waals surface area (Å²) in [6.07, 6.45) is 1.01. The van der Waals surface area contributed by atoms with Gasteiger partial charge in [0.2, 0.25) is 5.91 Å². The van der Waals surface area contributed by atoms with Crippen LogP contribution in [0.15, 0.2) is 47.5 Å². The van der Waals surface area contributed by atoms with Crippen LogP contribution in [0.3, 0.4) is 0 Å². The van der Waals surface area contributed by atoms with Gasteiger partial charge in [-0.2, -0.15) is 0 Å². The minimum atomic E-state index is -0.0206. The quantitative estimate of drug-likeness (QED) is 0.228. The van der Waals surface area contributed by atoms with E-state index in [1.165, 1.54) is 16.3 Å². The Balaban J connectivity index is 0.00000363. The van der Waals surface area contributed by atoms with E-state index in [0.29, 0.717) is 5.96 Å². The molecule has 0 aliphatic carbocycles. The highest BCUT2D eigenvalue weighted by atomic mass is 127. The predicted molar refractivity (Wildman–Crippen MR) is 142 cm³/mol. The molecule has 1 aliphatic heterocycles. The molecule has 2 aromatic carbocycles. The molecule has 2 aromatic rings. The van der Waals surface area contributed by atoms with Crippen molar-refractivity contribution in [3.8, 4) is 0 Å². The normalized spacial score (nSPS) is 15.7. The number of hydrogen-bond acceptors (Lipinski definition) is 4. The van der Waals surface area contributed by atoms with Crippen molar-refractivity contribution in [3.05, 3.63) is 48.0 Å². The van der Waals surface area contributed by atoms with Crippen LogP contribution in [-0.2, 0) is 9.53 Å². The van der Waals surface area contributed by atoms with Gasteiger partial charge in [-0.15, -0.1) is 24.0 Å². The Hall–Kier alpha value is -1.91. The summed E-state index contributed by atoms with van der Waals surface area (Å²) >= 11 is 0. The third-order valence-electron chi connectivity index (χ3n) is 5.55. The molecular formula is C24H36IN5O2. The molecule has 1 atom stereocenters. The van der Waals surface area contributed by atoms with Crippen molar-refractivity contribution in [2.45, 2.75) is 19.4 Å². The lowest BCUT2D eigenvalue weighted by molar-refractivity contribution is -0.127. The number of amides is 1.